The normalized spacial score (nSPS) is 12.7. The van der Waals surface area contributed by atoms with Crippen molar-refractivity contribution >= 4 is 34.5 Å². The van der Waals surface area contributed by atoms with Crippen LogP contribution in [0.5, 0.6) is 5.75 Å². The molecular formula is C14H16Cl2N2OS. The zero-order valence-electron chi connectivity index (χ0n) is 11.2. The van der Waals surface area contributed by atoms with E-state index in [1.165, 1.54) is 11.3 Å². The highest BCUT2D eigenvalue weighted by molar-refractivity contribution is 7.20. The fourth-order valence-electron chi connectivity index (χ4n) is 1.93. The number of benzene rings is 1. The fourth-order valence-corrected chi connectivity index (χ4v) is 3.46. The van der Waals surface area contributed by atoms with Gasteiger partial charge < -0.3 is 4.74 Å². The molecular weight excluding hydrogens is 315 g/mol. The third-order valence-corrected chi connectivity index (χ3v) is 4.26. The molecule has 1 aromatic carbocycles. The van der Waals surface area contributed by atoms with Gasteiger partial charge in [-0.05, 0) is 37.6 Å². The third kappa shape index (κ3) is 3.65. The van der Waals surface area contributed by atoms with E-state index in [2.05, 4.69) is 5.43 Å². The van der Waals surface area contributed by atoms with Crippen LogP contribution in [0.1, 0.15) is 31.0 Å². The molecule has 0 spiro atoms. The van der Waals surface area contributed by atoms with E-state index in [-0.39, 0.29) is 12.1 Å². The Bertz CT molecular complexity index is 569. The van der Waals surface area contributed by atoms with Crippen molar-refractivity contribution < 1.29 is 4.74 Å². The monoisotopic (exact) mass is 330 g/mol. The first kappa shape index (κ1) is 15.6. The van der Waals surface area contributed by atoms with Crippen molar-refractivity contribution in [3.63, 3.8) is 0 Å². The quantitative estimate of drug-likeness (QED) is 0.631. The molecule has 0 saturated heterocycles. The number of hydrogen-bond acceptors (Lipinski definition) is 4. The topological polar surface area (TPSA) is 47.3 Å². The Labute approximate surface area is 132 Å². The SMILES string of the molecule is CC(C)Oc1ccc(C(NN)c2cc(Cl)sc2Cl)cc1. The second-order valence-electron chi connectivity index (χ2n) is 4.61. The van der Waals surface area contributed by atoms with Gasteiger partial charge in [-0.25, -0.2) is 5.43 Å². The van der Waals surface area contributed by atoms with Crippen molar-refractivity contribution in [2.45, 2.75) is 26.0 Å². The molecule has 3 nitrogen and oxygen atoms in total. The van der Waals surface area contributed by atoms with Crippen molar-refractivity contribution in [3.05, 3.63) is 50.1 Å². The van der Waals surface area contributed by atoms with Gasteiger partial charge in [0.25, 0.3) is 0 Å². The second kappa shape index (κ2) is 6.78. The molecule has 6 heteroatoms. The molecule has 20 heavy (non-hydrogen) atoms. The Balaban J connectivity index is 2.26. The van der Waals surface area contributed by atoms with Crippen molar-refractivity contribution in [2.24, 2.45) is 5.84 Å². The van der Waals surface area contributed by atoms with Gasteiger partial charge >= 0.3 is 0 Å². The lowest BCUT2D eigenvalue weighted by atomic mass is 10.0. The van der Waals surface area contributed by atoms with Crippen LogP contribution in [-0.4, -0.2) is 6.10 Å². The summed E-state index contributed by atoms with van der Waals surface area (Å²) in [6, 6.07) is 9.40. The fraction of sp³-hybridized carbons (Fsp3) is 0.286. The van der Waals surface area contributed by atoms with Crippen LogP contribution >= 0.6 is 34.5 Å². The molecule has 0 aliphatic heterocycles. The molecule has 1 atom stereocenters. The summed E-state index contributed by atoms with van der Waals surface area (Å²) < 4.78 is 6.90. The Hall–Kier alpha value is -0.780. The van der Waals surface area contributed by atoms with Crippen LogP contribution in [0.2, 0.25) is 8.67 Å². The molecule has 1 aromatic heterocycles. The molecule has 1 unspecified atom stereocenters. The number of thiophene rings is 1. The van der Waals surface area contributed by atoms with Gasteiger partial charge in [-0.2, -0.15) is 0 Å². The predicted octanol–water partition coefficient (Wildman–Crippen LogP) is 4.39. The van der Waals surface area contributed by atoms with Gasteiger partial charge in [0, 0.05) is 5.56 Å². The smallest absolute Gasteiger partial charge is 0.119 e. The van der Waals surface area contributed by atoms with Gasteiger partial charge in [-0.3, -0.25) is 5.84 Å². The third-order valence-electron chi connectivity index (χ3n) is 2.75. The van der Waals surface area contributed by atoms with E-state index < -0.39 is 0 Å². The summed E-state index contributed by atoms with van der Waals surface area (Å²) in [5, 5.41) is 0. The van der Waals surface area contributed by atoms with Crippen LogP contribution in [0.4, 0.5) is 0 Å². The molecule has 0 bridgehead atoms. The Morgan fingerprint density at radius 1 is 1.20 bits per heavy atom. The molecule has 2 aromatic rings. The van der Waals surface area contributed by atoms with E-state index in [0.29, 0.717) is 8.67 Å². The minimum atomic E-state index is -0.195. The average Bonchev–Trinajstić information content (AvgIpc) is 2.71. The molecule has 2 rings (SSSR count). The molecule has 108 valence electrons. The van der Waals surface area contributed by atoms with Crippen LogP contribution in [0.3, 0.4) is 0 Å². The zero-order chi connectivity index (χ0) is 14.7. The maximum Gasteiger partial charge on any atom is 0.119 e. The van der Waals surface area contributed by atoms with Gasteiger partial charge in [0.15, 0.2) is 0 Å². The molecule has 0 saturated carbocycles. The molecule has 0 fully saturated rings. The van der Waals surface area contributed by atoms with Crippen LogP contribution in [0.25, 0.3) is 0 Å². The van der Waals surface area contributed by atoms with E-state index in [4.69, 9.17) is 33.8 Å². The van der Waals surface area contributed by atoms with E-state index in [9.17, 15) is 0 Å². The van der Waals surface area contributed by atoms with E-state index in [0.717, 1.165) is 16.9 Å². The first-order valence-corrected chi connectivity index (χ1v) is 7.76. The lowest BCUT2D eigenvalue weighted by Crippen LogP contribution is -2.28. The predicted molar refractivity (Wildman–Crippen MR) is 85.7 cm³/mol. The maximum atomic E-state index is 6.18. The molecule has 0 radical (unpaired) electrons. The lowest BCUT2D eigenvalue weighted by Gasteiger charge is -2.17. The minimum absolute atomic E-state index is 0.148. The van der Waals surface area contributed by atoms with Gasteiger partial charge in [-0.15, -0.1) is 11.3 Å². The van der Waals surface area contributed by atoms with Gasteiger partial charge in [0.2, 0.25) is 0 Å². The Morgan fingerprint density at radius 2 is 1.85 bits per heavy atom. The van der Waals surface area contributed by atoms with Crippen molar-refractivity contribution in [2.75, 3.05) is 0 Å². The maximum absolute atomic E-state index is 6.18. The van der Waals surface area contributed by atoms with Crippen LogP contribution in [0, 0.1) is 0 Å². The number of rotatable bonds is 5. The first-order valence-electron chi connectivity index (χ1n) is 6.18. The van der Waals surface area contributed by atoms with Crippen LogP contribution in [0.15, 0.2) is 30.3 Å². The van der Waals surface area contributed by atoms with Crippen LogP contribution in [-0.2, 0) is 0 Å². The zero-order valence-corrected chi connectivity index (χ0v) is 13.5. The lowest BCUT2D eigenvalue weighted by molar-refractivity contribution is 0.242. The average molecular weight is 331 g/mol. The van der Waals surface area contributed by atoms with E-state index in [1.807, 2.05) is 44.2 Å². The Morgan fingerprint density at radius 3 is 2.30 bits per heavy atom. The van der Waals surface area contributed by atoms with Gasteiger partial charge in [-0.1, -0.05) is 35.3 Å². The number of nitrogens with two attached hydrogens (primary N) is 1. The van der Waals surface area contributed by atoms with Crippen molar-refractivity contribution in [3.8, 4) is 5.75 Å². The molecule has 1 heterocycles. The Kier molecular flexibility index (Phi) is 5.29. The van der Waals surface area contributed by atoms with Crippen molar-refractivity contribution in [1.82, 2.24) is 5.43 Å². The molecule has 0 aliphatic carbocycles. The van der Waals surface area contributed by atoms with E-state index in [1.54, 1.807) is 0 Å². The minimum Gasteiger partial charge on any atom is -0.491 e. The highest BCUT2D eigenvalue weighted by Gasteiger charge is 2.18. The summed E-state index contributed by atoms with van der Waals surface area (Å²) in [4.78, 5) is 0. The van der Waals surface area contributed by atoms with Crippen molar-refractivity contribution in [1.29, 1.82) is 0 Å². The molecule has 0 amide bonds. The summed E-state index contributed by atoms with van der Waals surface area (Å²) in [6.45, 7) is 3.98. The van der Waals surface area contributed by atoms with Gasteiger partial charge in [0.1, 0.15) is 5.75 Å². The highest BCUT2D eigenvalue weighted by Crippen LogP contribution is 2.37. The summed E-state index contributed by atoms with van der Waals surface area (Å²) >= 11 is 13.5. The standard InChI is InChI=1S/C14H16Cl2N2OS/c1-8(2)19-10-5-3-9(4-6-10)13(18-17)11-7-12(15)20-14(11)16/h3-8,13,18H,17H2,1-2H3. The number of halogens is 2. The summed E-state index contributed by atoms with van der Waals surface area (Å²) in [6.07, 6.45) is 0.148. The number of hydrazine groups is 1. The first-order chi connectivity index (χ1) is 9.51. The molecule has 3 N–H and O–H groups in total. The highest BCUT2D eigenvalue weighted by atomic mass is 35.5. The van der Waals surface area contributed by atoms with Crippen LogP contribution < -0.4 is 16.0 Å². The number of hydrogen-bond donors (Lipinski definition) is 2. The number of ether oxygens (including phenoxy) is 1. The number of nitrogens with one attached hydrogen (secondary N) is 1. The largest absolute Gasteiger partial charge is 0.491 e. The molecule has 0 aliphatic rings. The summed E-state index contributed by atoms with van der Waals surface area (Å²) in [5.41, 5.74) is 4.65. The summed E-state index contributed by atoms with van der Waals surface area (Å²) in [5.74, 6) is 6.48. The summed E-state index contributed by atoms with van der Waals surface area (Å²) in [7, 11) is 0. The van der Waals surface area contributed by atoms with E-state index >= 15 is 0 Å². The van der Waals surface area contributed by atoms with Gasteiger partial charge in [0.05, 0.1) is 20.8 Å². The second-order valence-corrected chi connectivity index (χ2v) is 6.90.